The molecule has 0 amide bonds. The zero-order chi connectivity index (χ0) is 17.9. The molecule has 0 aromatic heterocycles. The number of hydrogen-bond donors (Lipinski definition) is 0. The van der Waals surface area contributed by atoms with E-state index >= 15 is 0 Å². The fraction of sp³-hybridized carbons (Fsp3) is 0.0526. The predicted octanol–water partition coefficient (Wildman–Crippen LogP) is 6.18. The van der Waals surface area contributed by atoms with E-state index in [1.165, 1.54) is 36.4 Å². The van der Waals surface area contributed by atoms with Gasteiger partial charge in [0, 0.05) is 5.56 Å². The highest BCUT2D eigenvalue weighted by molar-refractivity contribution is 5.71. The second-order valence-electron chi connectivity index (χ2n) is 5.10. The van der Waals surface area contributed by atoms with Crippen molar-refractivity contribution < 1.29 is 27.0 Å². The Bertz CT molecular complexity index is 844. The normalized spacial score (nSPS) is 11.2. The van der Waals surface area contributed by atoms with Crippen LogP contribution in [0.3, 0.4) is 0 Å². The second kappa shape index (κ2) is 6.84. The lowest BCUT2D eigenvalue weighted by Gasteiger charge is -2.13. The standard InChI is InChI=1S/C19H12F4O2/c20-17-8-4-7-16(18(17)24-14-5-2-1-3-6-14)13-9-11-15(12-10-13)25-19(21,22)23/h1-12H. The largest absolute Gasteiger partial charge is 0.573 e. The van der Waals surface area contributed by atoms with E-state index in [2.05, 4.69) is 4.74 Å². The molecule has 0 spiro atoms. The molecule has 0 saturated heterocycles. The van der Waals surface area contributed by atoms with Crippen molar-refractivity contribution in [2.45, 2.75) is 6.36 Å². The van der Waals surface area contributed by atoms with Crippen molar-refractivity contribution >= 4 is 0 Å². The molecule has 3 aromatic carbocycles. The zero-order valence-electron chi connectivity index (χ0n) is 12.8. The monoisotopic (exact) mass is 348 g/mol. The summed E-state index contributed by atoms with van der Waals surface area (Å²) in [5.74, 6) is -0.473. The Hall–Kier alpha value is -3.02. The lowest BCUT2D eigenvalue weighted by Crippen LogP contribution is -2.16. The van der Waals surface area contributed by atoms with Gasteiger partial charge in [-0.2, -0.15) is 0 Å². The van der Waals surface area contributed by atoms with Crippen molar-refractivity contribution in [2.24, 2.45) is 0 Å². The summed E-state index contributed by atoms with van der Waals surface area (Å²) < 4.78 is 60.4. The van der Waals surface area contributed by atoms with Crippen molar-refractivity contribution in [3.63, 3.8) is 0 Å². The SMILES string of the molecule is Fc1cccc(-c2ccc(OC(F)(F)F)cc2)c1Oc1ccccc1. The van der Waals surface area contributed by atoms with Gasteiger partial charge >= 0.3 is 6.36 Å². The highest BCUT2D eigenvalue weighted by Crippen LogP contribution is 2.36. The predicted molar refractivity (Wildman–Crippen MR) is 85.0 cm³/mol. The summed E-state index contributed by atoms with van der Waals surface area (Å²) in [5.41, 5.74) is 0.919. The zero-order valence-corrected chi connectivity index (χ0v) is 12.8. The van der Waals surface area contributed by atoms with Crippen LogP contribution in [0.5, 0.6) is 17.2 Å². The minimum Gasteiger partial charge on any atom is -0.454 e. The van der Waals surface area contributed by atoms with Gasteiger partial charge in [-0.05, 0) is 35.9 Å². The first-order valence-electron chi connectivity index (χ1n) is 7.30. The van der Waals surface area contributed by atoms with E-state index in [1.54, 1.807) is 36.4 Å². The number of rotatable bonds is 4. The molecule has 0 radical (unpaired) electrons. The molecule has 0 aliphatic heterocycles. The third kappa shape index (κ3) is 4.29. The summed E-state index contributed by atoms with van der Waals surface area (Å²) in [7, 11) is 0. The summed E-state index contributed by atoms with van der Waals surface area (Å²) in [6.07, 6.45) is -4.76. The molecule has 0 atom stereocenters. The molecule has 3 aromatic rings. The Morgan fingerprint density at radius 2 is 1.36 bits per heavy atom. The third-order valence-electron chi connectivity index (χ3n) is 3.33. The van der Waals surface area contributed by atoms with Gasteiger partial charge in [0.2, 0.25) is 0 Å². The first-order chi connectivity index (χ1) is 11.9. The maximum atomic E-state index is 14.2. The lowest BCUT2D eigenvalue weighted by atomic mass is 10.0. The van der Waals surface area contributed by atoms with E-state index in [-0.39, 0.29) is 11.5 Å². The van der Waals surface area contributed by atoms with E-state index < -0.39 is 12.2 Å². The topological polar surface area (TPSA) is 18.5 Å². The molecule has 128 valence electrons. The molecule has 2 nitrogen and oxygen atoms in total. The van der Waals surface area contributed by atoms with Gasteiger partial charge in [0.25, 0.3) is 0 Å². The third-order valence-corrected chi connectivity index (χ3v) is 3.33. The maximum absolute atomic E-state index is 14.2. The van der Waals surface area contributed by atoms with Crippen LogP contribution in [-0.4, -0.2) is 6.36 Å². The molecule has 0 heterocycles. The van der Waals surface area contributed by atoms with Crippen molar-refractivity contribution in [2.75, 3.05) is 0 Å². The van der Waals surface area contributed by atoms with Crippen LogP contribution in [0.2, 0.25) is 0 Å². The first-order valence-corrected chi connectivity index (χ1v) is 7.30. The number of benzene rings is 3. The highest BCUT2D eigenvalue weighted by Gasteiger charge is 2.31. The van der Waals surface area contributed by atoms with Crippen molar-refractivity contribution in [1.82, 2.24) is 0 Å². The van der Waals surface area contributed by atoms with Crippen LogP contribution < -0.4 is 9.47 Å². The Kier molecular flexibility index (Phi) is 4.61. The van der Waals surface area contributed by atoms with Gasteiger partial charge in [0.15, 0.2) is 11.6 Å². The van der Waals surface area contributed by atoms with E-state index in [0.29, 0.717) is 16.9 Å². The van der Waals surface area contributed by atoms with Crippen LogP contribution in [0.1, 0.15) is 0 Å². The smallest absolute Gasteiger partial charge is 0.454 e. The van der Waals surface area contributed by atoms with Gasteiger partial charge in [0.05, 0.1) is 0 Å². The molecule has 0 N–H and O–H groups in total. The molecule has 3 rings (SSSR count). The van der Waals surface area contributed by atoms with Gasteiger partial charge in [0.1, 0.15) is 11.5 Å². The van der Waals surface area contributed by atoms with Gasteiger partial charge < -0.3 is 9.47 Å². The highest BCUT2D eigenvalue weighted by atomic mass is 19.4. The molecule has 0 fully saturated rings. The van der Waals surface area contributed by atoms with E-state index in [4.69, 9.17) is 4.74 Å². The van der Waals surface area contributed by atoms with Crippen molar-refractivity contribution in [1.29, 1.82) is 0 Å². The number of hydrogen-bond acceptors (Lipinski definition) is 2. The molecule has 0 aliphatic carbocycles. The van der Waals surface area contributed by atoms with Crippen LogP contribution in [0.25, 0.3) is 11.1 Å². The molecule has 0 aliphatic rings. The van der Waals surface area contributed by atoms with Crippen LogP contribution in [0, 0.1) is 5.82 Å². The fourth-order valence-corrected chi connectivity index (χ4v) is 2.28. The number of halogens is 4. The van der Waals surface area contributed by atoms with Gasteiger partial charge in [-0.25, -0.2) is 4.39 Å². The quantitative estimate of drug-likeness (QED) is 0.524. The van der Waals surface area contributed by atoms with E-state index in [9.17, 15) is 17.6 Å². The summed E-state index contributed by atoms with van der Waals surface area (Å²) in [4.78, 5) is 0. The Labute approximate surface area is 141 Å². The van der Waals surface area contributed by atoms with E-state index in [1.807, 2.05) is 0 Å². The van der Waals surface area contributed by atoms with Crippen LogP contribution >= 0.6 is 0 Å². The Morgan fingerprint density at radius 1 is 0.680 bits per heavy atom. The average Bonchev–Trinajstić information content (AvgIpc) is 2.57. The van der Waals surface area contributed by atoms with Gasteiger partial charge in [-0.1, -0.05) is 42.5 Å². The molecule has 25 heavy (non-hydrogen) atoms. The Morgan fingerprint density at radius 3 is 2.00 bits per heavy atom. The van der Waals surface area contributed by atoms with Crippen LogP contribution in [0.4, 0.5) is 17.6 Å². The Balaban J connectivity index is 1.93. The molecular weight excluding hydrogens is 336 g/mol. The molecule has 0 bridgehead atoms. The fourth-order valence-electron chi connectivity index (χ4n) is 2.28. The summed E-state index contributed by atoms with van der Waals surface area (Å²) in [6, 6.07) is 18.2. The minimum absolute atomic E-state index is 0.00168. The molecule has 6 heteroatoms. The van der Waals surface area contributed by atoms with Gasteiger partial charge in [-0.15, -0.1) is 13.2 Å². The molecular formula is C19H12F4O2. The molecule has 0 unspecified atom stereocenters. The maximum Gasteiger partial charge on any atom is 0.573 e. The van der Waals surface area contributed by atoms with Crippen LogP contribution in [-0.2, 0) is 0 Å². The summed E-state index contributed by atoms with van der Waals surface area (Å²) >= 11 is 0. The lowest BCUT2D eigenvalue weighted by molar-refractivity contribution is -0.274. The van der Waals surface area contributed by atoms with Gasteiger partial charge in [-0.3, -0.25) is 0 Å². The number of alkyl halides is 3. The number of para-hydroxylation sites is 2. The van der Waals surface area contributed by atoms with Crippen molar-refractivity contribution in [3.05, 3.63) is 78.6 Å². The number of ether oxygens (including phenoxy) is 2. The van der Waals surface area contributed by atoms with Crippen LogP contribution in [0.15, 0.2) is 72.8 Å². The minimum atomic E-state index is -4.76. The average molecular weight is 348 g/mol. The van der Waals surface area contributed by atoms with E-state index in [0.717, 1.165) is 0 Å². The molecule has 0 saturated carbocycles. The van der Waals surface area contributed by atoms with Crippen molar-refractivity contribution in [3.8, 4) is 28.4 Å². The summed E-state index contributed by atoms with van der Waals surface area (Å²) in [5, 5.41) is 0. The second-order valence-corrected chi connectivity index (χ2v) is 5.10. The first kappa shape index (κ1) is 16.8. The summed E-state index contributed by atoms with van der Waals surface area (Å²) in [6.45, 7) is 0.